The molecule has 0 aliphatic rings. The summed E-state index contributed by atoms with van der Waals surface area (Å²) in [5, 5.41) is 3.52. The summed E-state index contributed by atoms with van der Waals surface area (Å²) < 4.78 is 17.2. The average molecular weight is 486 g/mol. The minimum Gasteiger partial charge on any atom is -0.493 e. The van der Waals surface area contributed by atoms with Gasteiger partial charge in [0.25, 0.3) is 0 Å². The standard InChI is InChI=1S/C26H32BrNO3/c1-4-18-31-19-10-8-6-5-7-9-11-24(21-12-14-22(27)15-13-21)28-23-16-17-25(29-2)26(20-23)30-3/h4,12-17,20,24,28H,1,5-8,10,18-19H2,2-3H3. The molecule has 0 spiro atoms. The van der Waals surface area contributed by atoms with Gasteiger partial charge in [0.2, 0.25) is 0 Å². The highest BCUT2D eigenvalue weighted by Gasteiger charge is 2.11. The van der Waals surface area contributed by atoms with Gasteiger partial charge in [-0.2, -0.15) is 0 Å². The van der Waals surface area contributed by atoms with E-state index in [-0.39, 0.29) is 6.04 Å². The van der Waals surface area contributed by atoms with Gasteiger partial charge in [0.1, 0.15) is 6.04 Å². The van der Waals surface area contributed by atoms with Gasteiger partial charge in [-0.3, -0.25) is 0 Å². The molecule has 0 fully saturated rings. The zero-order valence-corrected chi connectivity index (χ0v) is 20.0. The summed E-state index contributed by atoms with van der Waals surface area (Å²) in [6.45, 7) is 5.09. The summed E-state index contributed by atoms with van der Waals surface area (Å²) in [7, 11) is 3.27. The molecule has 166 valence electrons. The minimum absolute atomic E-state index is 0.112. The predicted molar refractivity (Wildman–Crippen MR) is 132 cm³/mol. The molecule has 2 aromatic rings. The average Bonchev–Trinajstić information content (AvgIpc) is 2.80. The highest BCUT2D eigenvalue weighted by molar-refractivity contribution is 9.10. The molecule has 0 saturated heterocycles. The van der Waals surface area contributed by atoms with E-state index in [1.807, 2.05) is 30.3 Å². The lowest BCUT2D eigenvalue weighted by molar-refractivity contribution is 0.157. The Morgan fingerprint density at radius 1 is 1.00 bits per heavy atom. The summed E-state index contributed by atoms with van der Waals surface area (Å²) in [6.07, 6.45) is 7.18. The zero-order chi connectivity index (χ0) is 22.3. The number of anilines is 1. The van der Waals surface area contributed by atoms with E-state index < -0.39 is 0 Å². The van der Waals surface area contributed by atoms with Crippen molar-refractivity contribution >= 4 is 21.6 Å². The molecule has 0 aliphatic carbocycles. The van der Waals surface area contributed by atoms with E-state index in [9.17, 15) is 0 Å². The van der Waals surface area contributed by atoms with E-state index in [1.54, 1.807) is 20.3 Å². The van der Waals surface area contributed by atoms with Gasteiger partial charge in [-0.05, 0) is 42.7 Å². The Bertz CT molecular complexity index is 855. The molecule has 1 atom stereocenters. The Kier molecular flexibility index (Phi) is 11.7. The molecule has 0 heterocycles. The van der Waals surface area contributed by atoms with Crippen molar-refractivity contribution in [2.45, 2.75) is 38.1 Å². The molecule has 2 rings (SSSR count). The van der Waals surface area contributed by atoms with E-state index in [2.05, 4.69) is 51.8 Å². The largest absolute Gasteiger partial charge is 0.493 e. The molecule has 1 unspecified atom stereocenters. The van der Waals surface area contributed by atoms with Gasteiger partial charge in [-0.25, -0.2) is 0 Å². The van der Waals surface area contributed by atoms with Crippen LogP contribution in [0.25, 0.3) is 0 Å². The number of nitrogens with one attached hydrogen (secondary N) is 1. The second-order valence-electron chi connectivity index (χ2n) is 7.05. The molecule has 0 radical (unpaired) electrons. The maximum Gasteiger partial charge on any atom is 0.162 e. The monoisotopic (exact) mass is 485 g/mol. The van der Waals surface area contributed by atoms with Crippen molar-refractivity contribution < 1.29 is 14.2 Å². The Morgan fingerprint density at radius 3 is 2.45 bits per heavy atom. The van der Waals surface area contributed by atoms with Gasteiger partial charge in [0.05, 0.1) is 20.8 Å². The summed E-state index contributed by atoms with van der Waals surface area (Å²) >= 11 is 3.50. The third-order valence-electron chi connectivity index (χ3n) is 4.72. The summed E-state index contributed by atoms with van der Waals surface area (Å²) in [5.74, 6) is 8.15. The minimum atomic E-state index is -0.112. The fraction of sp³-hybridized carbons (Fsp3) is 0.385. The fourth-order valence-corrected chi connectivity index (χ4v) is 3.33. The molecule has 0 amide bonds. The van der Waals surface area contributed by atoms with Crippen LogP contribution in [0.4, 0.5) is 5.69 Å². The van der Waals surface area contributed by atoms with E-state index >= 15 is 0 Å². The highest BCUT2D eigenvalue weighted by atomic mass is 79.9. The molecule has 0 aliphatic heterocycles. The molecule has 5 heteroatoms. The number of rotatable bonds is 13. The SMILES string of the molecule is C=CCOCCCCCCC#CC(Nc1ccc(OC)c(OC)c1)c1ccc(Br)cc1. The summed E-state index contributed by atoms with van der Waals surface area (Å²) in [4.78, 5) is 0. The lowest BCUT2D eigenvalue weighted by atomic mass is 10.1. The van der Waals surface area contributed by atoms with Crippen LogP contribution < -0.4 is 14.8 Å². The Morgan fingerprint density at radius 2 is 1.74 bits per heavy atom. The number of halogens is 1. The van der Waals surface area contributed by atoms with Crippen LogP contribution >= 0.6 is 15.9 Å². The Balaban J connectivity index is 1.97. The third-order valence-corrected chi connectivity index (χ3v) is 5.25. The Hall–Kier alpha value is -2.42. The Labute approximate surface area is 195 Å². The van der Waals surface area contributed by atoms with Crippen LogP contribution in [0.2, 0.25) is 0 Å². The molecule has 0 aromatic heterocycles. The van der Waals surface area contributed by atoms with Crippen LogP contribution in [0.1, 0.15) is 43.7 Å². The van der Waals surface area contributed by atoms with Crippen molar-refractivity contribution in [3.05, 3.63) is 65.2 Å². The normalized spacial score (nSPS) is 11.2. The highest BCUT2D eigenvalue weighted by Crippen LogP contribution is 2.31. The number of benzene rings is 2. The second-order valence-corrected chi connectivity index (χ2v) is 7.96. The predicted octanol–water partition coefficient (Wildman–Crippen LogP) is 6.78. The second kappa shape index (κ2) is 14.6. The summed E-state index contributed by atoms with van der Waals surface area (Å²) in [5.41, 5.74) is 2.05. The van der Waals surface area contributed by atoms with Crippen molar-refractivity contribution in [1.82, 2.24) is 0 Å². The topological polar surface area (TPSA) is 39.7 Å². The van der Waals surface area contributed by atoms with Gasteiger partial charge < -0.3 is 19.5 Å². The first-order valence-corrected chi connectivity index (χ1v) is 11.4. The first-order valence-electron chi connectivity index (χ1n) is 10.6. The van der Waals surface area contributed by atoms with Gasteiger partial charge in [0, 0.05) is 29.3 Å². The molecule has 2 aromatic carbocycles. The third kappa shape index (κ3) is 9.08. The molecule has 1 N–H and O–H groups in total. The van der Waals surface area contributed by atoms with Crippen molar-refractivity contribution in [3.63, 3.8) is 0 Å². The maximum absolute atomic E-state index is 5.43. The van der Waals surface area contributed by atoms with Gasteiger partial charge in [0.15, 0.2) is 11.5 Å². The van der Waals surface area contributed by atoms with Crippen molar-refractivity contribution in [2.75, 3.05) is 32.8 Å². The smallest absolute Gasteiger partial charge is 0.162 e. The van der Waals surface area contributed by atoms with Crippen LogP contribution in [-0.4, -0.2) is 27.4 Å². The molecular formula is C26H32BrNO3. The van der Waals surface area contributed by atoms with E-state index in [0.717, 1.165) is 48.0 Å². The maximum atomic E-state index is 5.43. The molecule has 0 saturated carbocycles. The quantitative estimate of drug-likeness (QED) is 0.193. The van der Waals surface area contributed by atoms with Crippen LogP contribution in [-0.2, 0) is 4.74 Å². The zero-order valence-electron chi connectivity index (χ0n) is 18.5. The number of unbranched alkanes of at least 4 members (excludes halogenated alkanes) is 4. The van der Waals surface area contributed by atoms with Crippen LogP contribution in [0, 0.1) is 11.8 Å². The van der Waals surface area contributed by atoms with Gasteiger partial charge in [-0.15, -0.1) is 12.5 Å². The van der Waals surface area contributed by atoms with Gasteiger partial charge >= 0.3 is 0 Å². The van der Waals surface area contributed by atoms with E-state index in [1.165, 1.54) is 6.42 Å². The molecule has 31 heavy (non-hydrogen) atoms. The van der Waals surface area contributed by atoms with E-state index in [4.69, 9.17) is 14.2 Å². The van der Waals surface area contributed by atoms with Gasteiger partial charge in [-0.1, -0.05) is 52.9 Å². The van der Waals surface area contributed by atoms with Crippen LogP contribution in [0.15, 0.2) is 59.6 Å². The number of methoxy groups -OCH3 is 2. The molecule has 0 bridgehead atoms. The van der Waals surface area contributed by atoms with Crippen molar-refractivity contribution in [3.8, 4) is 23.3 Å². The first-order chi connectivity index (χ1) is 15.2. The van der Waals surface area contributed by atoms with Crippen LogP contribution in [0.5, 0.6) is 11.5 Å². The lowest BCUT2D eigenvalue weighted by Crippen LogP contribution is -2.09. The van der Waals surface area contributed by atoms with Crippen LogP contribution in [0.3, 0.4) is 0 Å². The fourth-order valence-electron chi connectivity index (χ4n) is 3.06. The van der Waals surface area contributed by atoms with Crippen molar-refractivity contribution in [1.29, 1.82) is 0 Å². The molecular weight excluding hydrogens is 454 g/mol. The molecule has 4 nitrogen and oxygen atoms in total. The summed E-state index contributed by atoms with van der Waals surface area (Å²) in [6, 6.07) is 13.9. The number of hydrogen-bond donors (Lipinski definition) is 1. The van der Waals surface area contributed by atoms with Crippen molar-refractivity contribution in [2.24, 2.45) is 0 Å². The van der Waals surface area contributed by atoms with E-state index in [0.29, 0.717) is 18.1 Å². The number of hydrogen-bond acceptors (Lipinski definition) is 4. The lowest BCUT2D eigenvalue weighted by Gasteiger charge is -2.17. The first kappa shape index (κ1) is 24.8. The number of ether oxygens (including phenoxy) is 3.